The van der Waals surface area contributed by atoms with Crippen molar-refractivity contribution in [3.05, 3.63) is 68.6 Å². The Morgan fingerprint density at radius 3 is 2.92 bits per heavy atom. The Balaban J connectivity index is 1.61. The summed E-state index contributed by atoms with van der Waals surface area (Å²) in [4.78, 5) is 23.7. The molecule has 6 heteroatoms. The molecular formula is C20H20ClN3O2. The van der Waals surface area contributed by atoms with E-state index in [1.807, 2.05) is 24.4 Å². The lowest BCUT2D eigenvalue weighted by atomic mass is 10.1. The molecule has 4 rings (SSSR count). The van der Waals surface area contributed by atoms with Crippen LogP contribution in [0.1, 0.15) is 42.4 Å². The Bertz CT molecular complexity index is 1030. The third-order valence-corrected chi connectivity index (χ3v) is 5.20. The zero-order valence-electron chi connectivity index (χ0n) is 14.8. The molecule has 0 spiro atoms. The molecule has 0 aliphatic carbocycles. The monoisotopic (exact) mass is 369 g/mol. The van der Waals surface area contributed by atoms with Crippen molar-refractivity contribution in [3.8, 4) is 0 Å². The first-order valence-electron chi connectivity index (χ1n) is 8.80. The van der Waals surface area contributed by atoms with E-state index in [2.05, 4.69) is 28.7 Å². The molecule has 0 saturated carbocycles. The van der Waals surface area contributed by atoms with E-state index in [-0.39, 0.29) is 5.63 Å². The summed E-state index contributed by atoms with van der Waals surface area (Å²) in [6.45, 7) is 6.17. The summed E-state index contributed by atoms with van der Waals surface area (Å²) in [6.07, 6.45) is 2.75. The van der Waals surface area contributed by atoms with Gasteiger partial charge in [-0.3, -0.25) is 4.90 Å². The third-order valence-electron chi connectivity index (χ3n) is 4.77. The number of nitrogens with zero attached hydrogens (tertiary/aromatic N) is 3. The number of halogens is 1. The number of rotatable bonds is 3. The first-order chi connectivity index (χ1) is 12.5. The highest BCUT2D eigenvalue weighted by Crippen LogP contribution is 2.27. The van der Waals surface area contributed by atoms with E-state index >= 15 is 0 Å². The summed E-state index contributed by atoms with van der Waals surface area (Å²) in [6, 6.07) is 7.34. The summed E-state index contributed by atoms with van der Waals surface area (Å²) < 4.78 is 5.44. The van der Waals surface area contributed by atoms with Crippen LogP contribution in [0.2, 0.25) is 5.02 Å². The normalized spacial score (nSPS) is 14.8. The fraction of sp³-hybridized carbons (Fsp3) is 0.350. The van der Waals surface area contributed by atoms with Gasteiger partial charge in [-0.1, -0.05) is 37.6 Å². The second-order valence-corrected chi connectivity index (χ2v) is 7.37. The molecule has 5 nitrogen and oxygen atoms in total. The van der Waals surface area contributed by atoms with Gasteiger partial charge in [-0.2, -0.15) is 0 Å². The maximum absolute atomic E-state index is 12.4. The van der Waals surface area contributed by atoms with Crippen LogP contribution in [0.25, 0.3) is 11.0 Å². The van der Waals surface area contributed by atoms with Gasteiger partial charge in [0.25, 0.3) is 0 Å². The molecule has 1 aliphatic heterocycles. The van der Waals surface area contributed by atoms with Crippen LogP contribution >= 0.6 is 11.6 Å². The molecule has 0 saturated heterocycles. The van der Waals surface area contributed by atoms with Gasteiger partial charge in [0.05, 0.1) is 10.6 Å². The molecule has 3 aromatic rings. The van der Waals surface area contributed by atoms with Crippen molar-refractivity contribution in [2.45, 2.75) is 39.3 Å². The first-order valence-corrected chi connectivity index (χ1v) is 9.18. The van der Waals surface area contributed by atoms with Crippen molar-refractivity contribution in [2.24, 2.45) is 0 Å². The van der Waals surface area contributed by atoms with E-state index in [9.17, 15) is 4.79 Å². The van der Waals surface area contributed by atoms with E-state index < -0.39 is 0 Å². The second-order valence-electron chi connectivity index (χ2n) is 6.99. The van der Waals surface area contributed by atoms with Crippen LogP contribution in [0.5, 0.6) is 0 Å². The van der Waals surface area contributed by atoms with E-state index in [4.69, 9.17) is 16.0 Å². The Kier molecular flexibility index (Phi) is 4.51. The van der Waals surface area contributed by atoms with Crippen molar-refractivity contribution in [1.29, 1.82) is 0 Å². The number of hydrogen-bond donors (Lipinski definition) is 0. The lowest BCUT2D eigenvalue weighted by Gasteiger charge is -2.28. The molecule has 26 heavy (non-hydrogen) atoms. The van der Waals surface area contributed by atoms with Gasteiger partial charge in [0.2, 0.25) is 0 Å². The van der Waals surface area contributed by atoms with E-state index in [0.717, 1.165) is 35.4 Å². The van der Waals surface area contributed by atoms with Gasteiger partial charge in [-0.05, 0) is 12.1 Å². The molecule has 3 heterocycles. The zero-order valence-corrected chi connectivity index (χ0v) is 15.6. The lowest BCUT2D eigenvalue weighted by molar-refractivity contribution is 0.239. The summed E-state index contributed by atoms with van der Waals surface area (Å²) in [5.74, 6) is 1.20. The number of hydrogen-bond acceptors (Lipinski definition) is 5. The van der Waals surface area contributed by atoms with Crippen molar-refractivity contribution < 1.29 is 4.42 Å². The highest BCUT2D eigenvalue weighted by molar-refractivity contribution is 6.35. The molecule has 134 valence electrons. The Morgan fingerprint density at radius 1 is 1.31 bits per heavy atom. The Hall–Kier alpha value is -2.24. The second kappa shape index (κ2) is 6.82. The van der Waals surface area contributed by atoms with E-state index in [1.165, 1.54) is 0 Å². The van der Waals surface area contributed by atoms with Gasteiger partial charge in [0.15, 0.2) is 0 Å². The van der Waals surface area contributed by atoms with Gasteiger partial charge in [-0.25, -0.2) is 14.8 Å². The quantitative estimate of drug-likeness (QED) is 0.655. The molecule has 0 amide bonds. The molecule has 1 aromatic carbocycles. The average molecular weight is 370 g/mol. The maximum Gasteiger partial charge on any atom is 0.342 e. The van der Waals surface area contributed by atoms with Gasteiger partial charge in [0, 0.05) is 54.8 Å². The number of fused-ring (bicyclic) bond motifs is 2. The van der Waals surface area contributed by atoms with Crippen LogP contribution in [0.4, 0.5) is 0 Å². The summed E-state index contributed by atoms with van der Waals surface area (Å²) in [7, 11) is 0. The van der Waals surface area contributed by atoms with Crippen LogP contribution in [-0.2, 0) is 19.5 Å². The highest BCUT2D eigenvalue weighted by atomic mass is 35.5. The molecule has 0 fully saturated rings. The summed E-state index contributed by atoms with van der Waals surface area (Å²) >= 11 is 6.51. The van der Waals surface area contributed by atoms with Crippen molar-refractivity contribution in [1.82, 2.24) is 14.9 Å². The Labute approximate surface area is 156 Å². The molecule has 2 aromatic heterocycles. The predicted octanol–water partition coefficient (Wildman–Crippen LogP) is 3.92. The maximum atomic E-state index is 12.4. The van der Waals surface area contributed by atoms with Crippen LogP contribution in [0.3, 0.4) is 0 Å². The minimum Gasteiger partial charge on any atom is -0.422 e. The van der Waals surface area contributed by atoms with E-state index in [0.29, 0.717) is 35.2 Å². The Morgan fingerprint density at radius 2 is 2.12 bits per heavy atom. The molecule has 0 atom stereocenters. The van der Waals surface area contributed by atoms with Gasteiger partial charge in [0.1, 0.15) is 11.4 Å². The van der Waals surface area contributed by atoms with Gasteiger partial charge < -0.3 is 4.42 Å². The topological polar surface area (TPSA) is 59.2 Å². The molecule has 1 aliphatic rings. The van der Waals surface area contributed by atoms with Crippen molar-refractivity contribution in [2.75, 3.05) is 6.54 Å². The number of para-hydroxylation sites is 1. The van der Waals surface area contributed by atoms with E-state index in [1.54, 1.807) is 6.07 Å². The standard InChI is InChI=1S/C20H20ClN3O2/c1-12(2)19-22-9-13-10-24(8-7-16(13)23-19)11-15-18(21)14-5-3-4-6-17(14)26-20(15)25/h3-6,9,12H,7-8,10-11H2,1-2H3. The lowest BCUT2D eigenvalue weighted by Crippen LogP contribution is -2.33. The minimum absolute atomic E-state index is 0.319. The number of benzene rings is 1. The molecule has 0 radical (unpaired) electrons. The molecule has 0 bridgehead atoms. The van der Waals surface area contributed by atoms with Gasteiger partial charge in [-0.15, -0.1) is 0 Å². The average Bonchev–Trinajstić information content (AvgIpc) is 2.64. The summed E-state index contributed by atoms with van der Waals surface area (Å²) in [5, 5.41) is 1.25. The molecule has 0 N–H and O–H groups in total. The SMILES string of the molecule is CC(C)c1ncc2c(n1)CCN(Cc1c(Cl)c3ccccc3oc1=O)C2. The van der Waals surface area contributed by atoms with Crippen molar-refractivity contribution in [3.63, 3.8) is 0 Å². The van der Waals surface area contributed by atoms with Crippen LogP contribution in [0, 0.1) is 0 Å². The van der Waals surface area contributed by atoms with Crippen LogP contribution in [-0.4, -0.2) is 21.4 Å². The largest absolute Gasteiger partial charge is 0.422 e. The third kappa shape index (κ3) is 3.13. The zero-order chi connectivity index (χ0) is 18.3. The predicted molar refractivity (Wildman–Crippen MR) is 101 cm³/mol. The number of aromatic nitrogens is 2. The highest BCUT2D eigenvalue weighted by Gasteiger charge is 2.22. The van der Waals surface area contributed by atoms with Crippen molar-refractivity contribution >= 4 is 22.6 Å². The van der Waals surface area contributed by atoms with Crippen LogP contribution < -0.4 is 5.63 Å². The summed E-state index contributed by atoms with van der Waals surface area (Å²) in [5.41, 5.74) is 2.88. The van der Waals surface area contributed by atoms with Gasteiger partial charge >= 0.3 is 5.63 Å². The fourth-order valence-corrected chi connectivity index (χ4v) is 3.60. The van der Waals surface area contributed by atoms with Crippen LogP contribution in [0.15, 0.2) is 39.7 Å². The molecular weight excluding hydrogens is 350 g/mol. The minimum atomic E-state index is -0.370. The smallest absolute Gasteiger partial charge is 0.342 e. The fourth-order valence-electron chi connectivity index (χ4n) is 3.31. The molecule has 0 unspecified atom stereocenters. The first kappa shape index (κ1) is 17.2.